The predicted molar refractivity (Wildman–Crippen MR) is 91.7 cm³/mol. The zero-order chi connectivity index (χ0) is 17.1. The van der Waals surface area contributed by atoms with E-state index in [0.717, 1.165) is 17.8 Å². The highest BCUT2D eigenvalue weighted by Crippen LogP contribution is 2.31. The van der Waals surface area contributed by atoms with Crippen LogP contribution in [-0.2, 0) is 11.3 Å². The Labute approximate surface area is 144 Å². The Bertz CT molecular complexity index is 685. The molecule has 24 heavy (non-hydrogen) atoms. The number of carbonyl (C=O) groups is 1. The van der Waals surface area contributed by atoms with Gasteiger partial charge in [-0.15, -0.1) is 5.10 Å². The fourth-order valence-electron chi connectivity index (χ4n) is 2.90. The molecule has 7 nitrogen and oxygen atoms in total. The second kappa shape index (κ2) is 7.14. The van der Waals surface area contributed by atoms with Crippen LogP contribution in [0.4, 0.5) is 5.69 Å². The molecule has 0 unspecified atom stereocenters. The molecule has 0 bridgehead atoms. The highest BCUT2D eigenvalue weighted by atomic mass is 32.1. The van der Waals surface area contributed by atoms with E-state index in [-0.39, 0.29) is 11.9 Å². The third-order valence-corrected chi connectivity index (χ3v) is 4.73. The van der Waals surface area contributed by atoms with E-state index in [1.807, 2.05) is 29.5 Å². The molecule has 1 aliphatic rings. The van der Waals surface area contributed by atoms with Crippen molar-refractivity contribution in [3.63, 3.8) is 0 Å². The standard InChI is InChI=1S/C16H20N4O3S/c1-19(9-11-10-24-18-17-11)15-4-5-20(16(15)21)12-6-13(22-2)8-14(7-12)23-3/h6-8,10,15H,4-5,9H2,1-3H3/t15-/m1/s1. The number of ether oxygens (including phenoxy) is 2. The number of carbonyl (C=O) groups excluding carboxylic acids is 1. The Morgan fingerprint density at radius 2 is 2.00 bits per heavy atom. The lowest BCUT2D eigenvalue weighted by Gasteiger charge is -2.23. The van der Waals surface area contributed by atoms with E-state index < -0.39 is 0 Å². The zero-order valence-electron chi connectivity index (χ0n) is 13.9. The molecule has 2 heterocycles. The molecule has 1 atom stereocenters. The molecule has 0 radical (unpaired) electrons. The minimum Gasteiger partial charge on any atom is -0.497 e. The van der Waals surface area contributed by atoms with Crippen molar-refractivity contribution in [2.45, 2.75) is 19.0 Å². The van der Waals surface area contributed by atoms with E-state index in [1.165, 1.54) is 11.5 Å². The molecule has 0 N–H and O–H groups in total. The number of benzene rings is 1. The van der Waals surface area contributed by atoms with Crippen LogP contribution in [0.15, 0.2) is 23.6 Å². The Kier molecular flexibility index (Phi) is 4.96. The zero-order valence-corrected chi connectivity index (χ0v) is 14.7. The van der Waals surface area contributed by atoms with Gasteiger partial charge in [0.15, 0.2) is 0 Å². The van der Waals surface area contributed by atoms with E-state index in [9.17, 15) is 4.79 Å². The average Bonchev–Trinajstić information content (AvgIpc) is 3.23. The largest absolute Gasteiger partial charge is 0.497 e. The maximum atomic E-state index is 12.8. The van der Waals surface area contributed by atoms with Gasteiger partial charge in [0.2, 0.25) is 5.91 Å². The van der Waals surface area contributed by atoms with E-state index in [4.69, 9.17) is 9.47 Å². The van der Waals surface area contributed by atoms with Gasteiger partial charge in [0.05, 0.1) is 31.6 Å². The molecule has 1 aromatic carbocycles. The number of methoxy groups -OCH3 is 2. The summed E-state index contributed by atoms with van der Waals surface area (Å²) in [5.74, 6) is 1.42. The number of likely N-dealkylation sites (N-methyl/N-ethyl adjacent to an activating group) is 1. The number of anilines is 1. The van der Waals surface area contributed by atoms with E-state index in [2.05, 4.69) is 9.59 Å². The predicted octanol–water partition coefficient (Wildman–Crippen LogP) is 1.79. The lowest BCUT2D eigenvalue weighted by Crippen LogP contribution is -2.39. The van der Waals surface area contributed by atoms with E-state index >= 15 is 0 Å². The molecule has 0 saturated carbocycles. The quantitative estimate of drug-likeness (QED) is 0.793. The summed E-state index contributed by atoms with van der Waals surface area (Å²) in [4.78, 5) is 16.7. The molecule has 128 valence electrons. The Morgan fingerprint density at radius 3 is 2.58 bits per heavy atom. The van der Waals surface area contributed by atoms with Crippen LogP contribution in [0.2, 0.25) is 0 Å². The second-order valence-corrected chi connectivity index (χ2v) is 6.29. The molecule has 8 heteroatoms. The van der Waals surface area contributed by atoms with Crippen LogP contribution in [0.1, 0.15) is 12.1 Å². The smallest absolute Gasteiger partial charge is 0.244 e. The van der Waals surface area contributed by atoms with Crippen molar-refractivity contribution < 1.29 is 14.3 Å². The first-order chi connectivity index (χ1) is 11.6. The molecule has 1 aliphatic heterocycles. The lowest BCUT2D eigenvalue weighted by atomic mass is 10.2. The SMILES string of the molecule is COc1cc(OC)cc(N2CC[C@@H](N(C)Cc3csnn3)C2=O)c1. The third-order valence-electron chi connectivity index (χ3n) is 4.17. The van der Waals surface area contributed by atoms with Crippen molar-refractivity contribution in [3.05, 3.63) is 29.3 Å². The molecule has 1 saturated heterocycles. The fraction of sp³-hybridized carbons (Fsp3) is 0.438. The number of amides is 1. The van der Waals surface area contributed by atoms with Crippen LogP contribution < -0.4 is 14.4 Å². The monoisotopic (exact) mass is 348 g/mol. The average molecular weight is 348 g/mol. The minimum absolute atomic E-state index is 0.0796. The summed E-state index contributed by atoms with van der Waals surface area (Å²) in [6, 6.07) is 5.34. The van der Waals surface area contributed by atoms with Gasteiger partial charge in [-0.05, 0) is 25.0 Å². The fourth-order valence-corrected chi connectivity index (χ4v) is 3.34. The molecule has 2 aromatic rings. The summed E-state index contributed by atoms with van der Waals surface area (Å²) in [6.45, 7) is 1.28. The maximum absolute atomic E-state index is 12.8. The van der Waals surface area contributed by atoms with Crippen molar-refractivity contribution in [1.82, 2.24) is 14.5 Å². The number of nitrogens with zero attached hydrogens (tertiary/aromatic N) is 4. The molecule has 0 aliphatic carbocycles. The van der Waals surface area contributed by atoms with Crippen LogP contribution in [-0.4, -0.2) is 54.2 Å². The first kappa shape index (κ1) is 16.7. The van der Waals surface area contributed by atoms with E-state index in [0.29, 0.717) is 24.6 Å². The third kappa shape index (κ3) is 3.34. The summed E-state index contributed by atoms with van der Waals surface area (Å²) in [6.07, 6.45) is 0.770. The molecule has 1 fully saturated rings. The topological polar surface area (TPSA) is 67.8 Å². The molecule has 0 spiro atoms. The van der Waals surface area contributed by atoms with Gasteiger partial charge in [0.1, 0.15) is 11.5 Å². The Hall–Kier alpha value is -2.19. The van der Waals surface area contributed by atoms with Crippen LogP contribution in [0.3, 0.4) is 0 Å². The maximum Gasteiger partial charge on any atom is 0.244 e. The highest BCUT2D eigenvalue weighted by molar-refractivity contribution is 7.03. The molecule has 1 amide bonds. The first-order valence-electron chi connectivity index (χ1n) is 7.63. The van der Waals surface area contributed by atoms with Crippen molar-refractivity contribution in [3.8, 4) is 11.5 Å². The normalized spacial score (nSPS) is 17.6. The van der Waals surface area contributed by atoms with E-state index in [1.54, 1.807) is 25.2 Å². The van der Waals surface area contributed by atoms with Gasteiger partial charge >= 0.3 is 0 Å². The van der Waals surface area contributed by atoms with Gasteiger partial charge < -0.3 is 14.4 Å². The Morgan fingerprint density at radius 1 is 1.29 bits per heavy atom. The van der Waals surface area contributed by atoms with Crippen LogP contribution in [0.25, 0.3) is 0 Å². The highest BCUT2D eigenvalue weighted by Gasteiger charge is 2.35. The van der Waals surface area contributed by atoms with Gasteiger partial charge in [0.25, 0.3) is 0 Å². The van der Waals surface area contributed by atoms with Gasteiger partial charge in [-0.3, -0.25) is 9.69 Å². The second-order valence-electron chi connectivity index (χ2n) is 5.68. The van der Waals surface area contributed by atoms with Crippen molar-refractivity contribution in [2.75, 3.05) is 32.7 Å². The van der Waals surface area contributed by atoms with Gasteiger partial charge in [-0.1, -0.05) is 4.49 Å². The van der Waals surface area contributed by atoms with Gasteiger partial charge in [-0.2, -0.15) is 0 Å². The molecule has 1 aromatic heterocycles. The molecule has 3 rings (SSSR count). The molecular weight excluding hydrogens is 328 g/mol. The summed E-state index contributed by atoms with van der Waals surface area (Å²) in [5, 5.41) is 5.95. The van der Waals surface area contributed by atoms with Crippen molar-refractivity contribution in [1.29, 1.82) is 0 Å². The number of aromatic nitrogens is 2. The Balaban J connectivity index is 1.76. The number of rotatable bonds is 6. The van der Waals surface area contributed by atoms with Crippen LogP contribution >= 0.6 is 11.5 Å². The van der Waals surface area contributed by atoms with Gasteiger partial charge in [0, 0.05) is 36.7 Å². The lowest BCUT2D eigenvalue weighted by molar-refractivity contribution is -0.121. The first-order valence-corrected chi connectivity index (χ1v) is 8.46. The van der Waals surface area contributed by atoms with Crippen molar-refractivity contribution in [2.24, 2.45) is 0 Å². The minimum atomic E-state index is -0.163. The van der Waals surface area contributed by atoms with Crippen molar-refractivity contribution >= 4 is 23.1 Å². The molecular formula is C16H20N4O3S. The summed E-state index contributed by atoms with van der Waals surface area (Å²) in [7, 11) is 5.14. The summed E-state index contributed by atoms with van der Waals surface area (Å²) >= 11 is 1.32. The number of hydrogen-bond donors (Lipinski definition) is 0. The number of hydrogen-bond acceptors (Lipinski definition) is 7. The van der Waals surface area contributed by atoms with Crippen LogP contribution in [0.5, 0.6) is 11.5 Å². The summed E-state index contributed by atoms with van der Waals surface area (Å²) in [5.41, 5.74) is 1.68. The van der Waals surface area contributed by atoms with Crippen LogP contribution in [0, 0.1) is 0 Å². The van der Waals surface area contributed by atoms with Gasteiger partial charge in [-0.25, -0.2) is 0 Å². The summed E-state index contributed by atoms with van der Waals surface area (Å²) < 4.78 is 14.5.